The average molecular weight is 313 g/mol. The monoisotopic (exact) mass is 312 g/mol. The van der Waals surface area contributed by atoms with Gasteiger partial charge in [0.15, 0.2) is 0 Å². The highest BCUT2D eigenvalue weighted by molar-refractivity contribution is 6.31. The van der Waals surface area contributed by atoms with Crippen LogP contribution in [-0.4, -0.2) is 11.3 Å². The van der Waals surface area contributed by atoms with Gasteiger partial charge in [0.05, 0.1) is 23.2 Å². The number of nitrogens with zero attached hydrogens (tertiary/aromatic N) is 2. The number of para-hydroxylation sites is 1. The van der Waals surface area contributed by atoms with Crippen molar-refractivity contribution in [3.8, 4) is 22.9 Å². The van der Waals surface area contributed by atoms with Crippen molar-refractivity contribution in [2.75, 3.05) is 0 Å². The lowest BCUT2D eigenvalue weighted by atomic mass is 10.1. The van der Waals surface area contributed by atoms with Crippen molar-refractivity contribution in [3.63, 3.8) is 0 Å². The highest BCUT2D eigenvalue weighted by Gasteiger charge is 2.32. The lowest BCUT2D eigenvalue weighted by Gasteiger charge is -2.13. The van der Waals surface area contributed by atoms with Crippen LogP contribution in [0.25, 0.3) is 11.1 Å². The van der Waals surface area contributed by atoms with Gasteiger partial charge >= 0.3 is 6.36 Å². The van der Waals surface area contributed by atoms with E-state index in [1.807, 2.05) is 6.07 Å². The third-order valence-electron chi connectivity index (χ3n) is 2.59. The van der Waals surface area contributed by atoms with E-state index >= 15 is 0 Å². The van der Waals surface area contributed by atoms with Crippen LogP contribution in [0.3, 0.4) is 0 Å². The topological polar surface area (TPSA) is 45.9 Å². The first-order valence-electron chi connectivity index (χ1n) is 5.77. The molecule has 0 aliphatic heterocycles. The molecule has 0 bridgehead atoms. The fourth-order valence-corrected chi connectivity index (χ4v) is 1.97. The predicted octanol–water partition coefficient (Wildman–Crippen LogP) is 4.37. The largest absolute Gasteiger partial charge is 0.573 e. The van der Waals surface area contributed by atoms with E-state index in [4.69, 9.17) is 16.9 Å². The van der Waals surface area contributed by atoms with Crippen LogP contribution in [0, 0.1) is 11.3 Å². The highest BCUT2D eigenvalue weighted by atomic mass is 35.5. The minimum Gasteiger partial charge on any atom is -0.405 e. The molecule has 0 saturated heterocycles. The van der Waals surface area contributed by atoms with Crippen LogP contribution < -0.4 is 4.74 Å². The minimum absolute atomic E-state index is 0.0276. The Morgan fingerprint density at radius 3 is 2.62 bits per heavy atom. The molecule has 1 aromatic heterocycles. The fraction of sp³-hybridized carbons (Fsp3) is 0.143. The van der Waals surface area contributed by atoms with E-state index in [2.05, 4.69) is 9.72 Å². The number of nitriles is 1. The Labute approximate surface area is 123 Å². The second kappa shape index (κ2) is 6.02. The Bertz CT molecular complexity index is 695. The normalized spacial score (nSPS) is 11.0. The first-order chi connectivity index (χ1) is 9.90. The van der Waals surface area contributed by atoms with Gasteiger partial charge in [-0.15, -0.1) is 13.2 Å². The lowest BCUT2D eigenvalue weighted by Crippen LogP contribution is -2.17. The van der Waals surface area contributed by atoms with E-state index in [0.29, 0.717) is 11.3 Å². The molecule has 0 saturated carbocycles. The fourth-order valence-electron chi connectivity index (χ4n) is 1.74. The standard InChI is InChI=1S/C14H8ClF3N2O/c15-11-7-9(8-20-12(11)5-6-19)10-3-1-2-4-13(10)21-14(16,17)18/h1-4,7-8H,5H2. The number of halogens is 4. The summed E-state index contributed by atoms with van der Waals surface area (Å²) in [6.07, 6.45) is -3.40. The molecule has 7 heteroatoms. The number of benzene rings is 1. The van der Waals surface area contributed by atoms with Crippen molar-refractivity contribution in [1.29, 1.82) is 5.26 Å². The molecule has 3 nitrogen and oxygen atoms in total. The van der Waals surface area contributed by atoms with Gasteiger partial charge in [-0.3, -0.25) is 4.98 Å². The Kier molecular flexibility index (Phi) is 4.34. The van der Waals surface area contributed by atoms with Gasteiger partial charge in [0.2, 0.25) is 0 Å². The molecule has 0 radical (unpaired) electrons. The lowest BCUT2D eigenvalue weighted by molar-refractivity contribution is -0.274. The molecule has 21 heavy (non-hydrogen) atoms. The number of hydrogen-bond donors (Lipinski definition) is 0. The van der Waals surface area contributed by atoms with Gasteiger partial charge in [-0.05, 0) is 12.1 Å². The first-order valence-corrected chi connectivity index (χ1v) is 6.15. The van der Waals surface area contributed by atoms with Crippen molar-refractivity contribution in [3.05, 3.63) is 47.2 Å². The summed E-state index contributed by atoms with van der Waals surface area (Å²) in [6, 6.07) is 9.06. The molecule has 0 spiro atoms. The number of hydrogen-bond acceptors (Lipinski definition) is 3. The van der Waals surface area contributed by atoms with Crippen LogP contribution in [0.1, 0.15) is 5.69 Å². The van der Waals surface area contributed by atoms with Crippen molar-refractivity contribution < 1.29 is 17.9 Å². The number of aromatic nitrogens is 1. The summed E-state index contributed by atoms with van der Waals surface area (Å²) in [5.41, 5.74) is 0.964. The summed E-state index contributed by atoms with van der Waals surface area (Å²) >= 11 is 5.97. The van der Waals surface area contributed by atoms with Gasteiger partial charge in [0.25, 0.3) is 0 Å². The Morgan fingerprint density at radius 2 is 2.00 bits per heavy atom. The van der Waals surface area contributed by atoms with Gasteiger partial charge in [0, 0.05) is 17.3 Å². The van der Waals surface area contributed by atoms with Gasteiger partial charge in [-0.1, -0.05) is 29.8 Å². The smallest absolute Gasteiger partial charge is 0.405 e. The van der Waals surface area contributed by atoms with Gasteiger partial charge in [-0.2, -0.15) is 5.26 Å². The van der Waals surface area contributed by atoms with Crippen LogP contribution in [0.15, 0.2) is 36.5 Å². The van der Waals surface area contributed by atoms with E-state index in [0.717, 1.165) is 0 Å². The van der Waals surface area contributed by atoms with Gasteiger partial charge in [0.1, 0.15) is 5.75 Å². The van der Waals surface area contributed by atoms with Crippen LogP contribution >= 0.6 is 11.6 Å². The molecule has 2 aromatic rings. The zero-order valence-electron chi connectivity index (χ0n) is 10.5. The summed E-state index contributed by atoms with van der Waals surface area (Å²) in [5.74, 6) is -0.337. The molecule has 0 amide bonds. The van der Waals surface area contributed by atoms with Crippen molar-refractivity contribution in [2.24, 2.45) is 0 Å². The van der Waals surface area contributed by atoms with E-state index < -0.39 is 6.36 Å². The summed E-state index contributed by atoms with van der Waals surface area (Å²) in [6.45, 7) is 0. The summed E-state index contributed by atoms with van der Waals surface area (Å²) < 4.78 is 41.1. The molecule has 0 unspecified atom stereocenters. The van der Waals surface area contributed by atoms with Crippen LogP contribution in [-0.2, 0) is 6.42 Å². The summed E-state index contributed by atoms with van der Waals surface area (Å²) in [7, 11) is 0. The molecule has 0 fully saturated rings. The molecular weight excluding hydrogens is 305 g/mol. The first kappa shape index (κ1) is 15.1. The third kappa shape index (κ3) is 3.86. The maximum atomic E-state index is 12.4. The SMILES string of the molecule is N#CCc1ncc(-c2ccccc2OC(F)(F)F)cc1Cl. The number of rotatable bonds is 3. The second-order valence-electron chi connectivity index (χ2n) is 4.03. The third-order valence-corrected chi connectivity index (χ3v) is 2.91. The van der Waals surface area contributed by atoms with E-state index in [1.165, 1.54) is 30.5 Å². The number of alkyl halides is 3. The highest BCUT2D eigenvalue weighted by Crippen LogP contribution is 2.34. The van der Waals surface area contributed by atoms with Crippen molar-refractivity contribution >= 4 is 11.6 Å². The Morgan fingerprint density at radius 1 is 1.29 bits per heavy atom. The second-order valence-corrected chi connectivity index (χ2v) is 4.44. The zero-order valence-corrected chi connectivity index (χ0v) is 11.2. The minimum atomic E-state index is -4.78. The predicted molar refractivity (Wildman–Crippen MR) is 70.7 cm³/mol. The van der Waals surface area contributed by atoms with Crippen LogP contribution in [0.5, 0.6) is 5.75 Å². The molecule has 1 aromatic carbocycles. The zero-order chi connectivity index (χ0) is 15.5. The molecule has 0 aliphatic rings. The molecule has 0 atom stereocenters. The summed E-state index contributed by atoms with van der Waals surface area (Å²) in [5, 5.41) is 8.83. The summed E-state index contributed by atoms with van der Waals surface area (Å²) in [4.78, 5) is 3.99. The van der Waals surface area contributed by atoms with Crippen molar-refractivity contribution in [1.82, 2.24) is 4.98 Å². The Hall–Kier alpha value is -2.26. The van der Waals surface area contributed by atoms with E-state index in [1.54, 1.807) is 6.07 Å². The Balaban J connectivity index is 2.43. The van der Waals surface area contributed by atoms with Crippen LogP contribution in [0.4, 0.5) is 13.2 Å². The maximum Gasteiger partial charge on any atom is 0.573 e. The van der Waals surface area contributed by atoms with Gasteiger partial charge < -0.3 is 4.74 Å². The molecule has 108 valence electrons. The van der Waals surface area contributed by atoms with Crippen molar-refractivity contribution in [2.45, 2.75) is 12.8 Å². The van der Waals surface area contributed by atoms with Gasteiger partial charge in [-0.25, -0.2) is 0 Å². The molecular formula is C14H8ClF3N2O. The molecule has 2 rings (SSSR count). The number of pyridine rings is 1. The average Bonchev–Trinajstić information content (AvgIpc) is 2.40. The number of ether oxygens (including phenoxy) is 1. The molecule has 1 heterocycles. The van der Waals surface area contributed by atoms with E-state index in [9.17, 15) is 13.2 Å². The van der Waals surface area contributed by atoms with E-state index in [-0.39, 0.29) is 22.8 Å². The molecule has 0 N–H and O–H groups in total. The molecule has 0 aliphatic carbocycles. The van der Waals surface area contributed by atoms with Crippen LogP contribution in [0.2, 0.25) is 5.02 Å². The maximum absolute atomic E-state index is 12.4. The quantitative estimate of drug-likeness (QED) is 0.845.